The first-order chi connectivity index (χ1) is 17.9. The van der Waals surface area contributed by atoms with Crippen molar-refractivity contribution in [1.29, 1.82) is 0 Å². The Morgan fingerprint density at radius 2 is 0.366 bits per heavy atom. The van der Waals surface area contributed by atoms with Crippen molar-refractivity contribution in [2.75, 3.05) is 0 Å². The predicted molar refractivity (Wildman–Crippen MR) is 119 cm³/mol. The molecule has 0 aromatic rings. The minimum atomic E-state index is -1.62. The van der Waals surface area contributed by atoms with Crippen molar-refractivity contribution in [2.24, 2.45) is 23.7 Å². The van der Waals surface area contributed by atoms with Gasteiger partial charge in [0.2, 0.25) is 0 Å². The topological polar surface area (TPSA) is 297 Å². The summed E-state index contributed by atoms with van der Waals surface area (Å²) in [5.41, 5.74) is 0. The molecule has 0 saturated heterocycles. The smallest absolute Gasteiger partial charge is 0.549 e. The summed E-state index contributed by atoms with van der Waals surface area (Å²) >= 11 is 0. The summed E-state index contributed by atoms with van der Waals surface area (Å²) in [5.74, 6) is -18.3. The largest absolute Gasteiger partial charge is 4.00 e. The molecule has 0 spiro atoms. The van der Waals surface area contributed by atoms with E-state index >= 15 is 0 Å². The predicted octanol–water partition coefficient (Wildman–Crippen LogP) is -5.88. The molecule has 0 aromatic carbocycles. The van der Waals surface area contributed by atoms with Crippen molar-refractivity contribution in [3.05, 3.63) is 0 Å². The molecule has 0 aliphatic rings. The SMILES string of the molecule is CC(=O)C(C(C)=O)C(=O)[O-].CC(=O)C(C(C)=O)C(=O)[O-].CC(=O)C(C(C)=O)C(=O)[O-].CC(=O)C(C(C)=O)C(=O)[O-].[Pt+4]. The van der Waals surface area contributed by atoms with Crippen LogP contribution in [0.5, 0.6) is 0 Å². The first-order valence-corrected chi connectivity index (χ1v) is 10.7. The number of rotatable bonds is 12. The standard InChI is InChI=1S/4C6H8O4.Pt/c4*1-3(7)5(4(2)8)6(9)10;/h4*5H,1-2H3,(H,9,10);/q;;;;+4/p-4. The third-order valence-electron chi connectivity index (χ3n) is 4.20. The Labute approximate surface area is 248 Å². The first kappa shape index (κ1) is 46.8. The van der Waals surface area contributed by atoms with E-state index in [1.54, 1.807) is 0 Å². The van der Waals surface area contributed by atoms with Crippen molar-refractivity contribution >= 4 is 70.1 Å². The van der Waals surface area contributed by atoms with E-state index in [4.69, 9.17) is 0 Å². The van der Waals surface area contributed by atoms with Crippen LogP contribution < -0.4 is 20.4 Å². The van der Waals surface area contributed by atoms with Gasteiger partial charge in [0.25, 0.3) is 0 Å². The minimum Gasteiger partial charge on any atom is -0.549 e. The Hall–Kier alpha value is -4.07. The Morgan fingerprint density at radius 3 is 0.366 bits per heavy atom. The number of hydrogen-bond donors (Lipinski definition) is 0. The number of aliphatic carboxylic acids is 4. The van der Waals surface area contributed by atoms with Crippen LogP contribution in [0.4, 0.5) is 0 Å². The van der Waals surface area contributed by atoms with Crippen LogP contribution in [0.2, 0.25) is 0 Å². The summed E-state index contributed by atoms with van der Waals surface area (Å²) in [7, 11) is 0. The zero-order chi connectivity index (χ0) is 33.2. The molecule has 0 saturated carbocycles. The maximum Gasteiger partial charge on any atom is 4.00 e. The van der Waals surface area contributed by atoms with Gasteiger partial charge in [-0.3, -0.25) is 38.4 Å². The monoisotopic (exact) mass is 767 g/mol. The number of carbonyl (C=O) groups excluding carboxylic acids is 12. The molecule has 0 rings (SSSR count). The van der Waals surface area contributed by atoms with Crippen LogP contribution >= 0.6 is 0 Å². The molecule has 0 aliphatic carbocycles. The van der Waals surface area contributed by atoms with E-state index in [-0.39, 0.29) is 21.1 Å². The van der Waals surface area contributed by atoms with Crippen LogP contribution in [0, 0.1) is 23.7 Å². The molecule has 0 unspecified atom stereocenters. The third kappa shape index (κ3) is 21.4. The summed E-state index contributed by atoms with van der Waals surface area (Å²) in [6.07, 6.45) is 0. The molecule has 16 nitrogen and oxygen atoms in total. The minimum absolute atomic E-state index is 0. The molecule has 0 bridgehead atoms. The van der Waals surface area contributed by atoms with Crippen LogP contribution in [-0.2, 0) is 78.6 Å². The Bertz CT molecular complexity index is 770. The number of hydrogen-bond acceptors (Lipinski definition) is 16. The van der Waals surface area contributed by atoms with Crippen molar-refractivity contribution < 1.29 is 99.0 Å². The molecule has 230 valence electrons. The van der Waals surface area contributed by atoms with E-state index < -0.39 is 93.8 Å². The molecular weight excluding hydrogens is 739 g/mol. The van der Waals surface area contributed by atoms with Crippen LogP contribution in [0.3, 0.4) is 0 Å². The summed E-state index contributed by atoms with van der Waals surface area (Å²) in [4.78, 5) is 123. The average Bonchev–Trinajstić information content (AvgIpc) is 2.64. The normalized spacial score (nSPS) is 9.27. The van der Waals surface area contributed by atoms with Gasteiger partial charge < -0.3 is 39.6 Å². The second kappa shape index (κ2) is 22.7. The molecule has 0 aromatic heterocycles. The summed E-state index contributed by atoms with van der Waals surface area (Å²) < 4.78 is 0. The fourth-order valence-electron chi connectivity index (χ4n) is 2.47. The Balaban J connectivity index is -0.000000139. The average molecular weight is 768 g/mol. The van der Waals surface area contributed by atoms with Gasteiger partial charge in [-0.1, -0.05) is 0 Å². The Kier molecular flexibility index (Phi) is 25.9. The number of carbonyl (C=O) groups is 12. The molecule has 0 N–H and O–H groups in total. The molecule has 0 fully saturated rings. The van der Waals surface area contributed by atoms with Gasteiger partial charge in [-0.2, -0.15) is 0 Å². The van der Waals surface area contributed by atoms with E-state index in [0.717, 1.165) is 55.4 Å². The molecule has 0 amide bonds. The van der Waals surface area contributed by atoms with Gasteiger partial charge in [0.15, 0.2) is 0 Å². The first-order valence-electron chi connectivity index (χ1n) is 10.7. The molecule has 0 atom stereocenters. The van der Waals surface area contributed by atoms with Crippen molar-refractivity contribution in [1.82, 2.24) is 0 Å². The third-order valence-corrected chi connectivity index (χ3v) is 4.20. The number of Topliss-reactive ketones (excluding diaryl/α,β-unsaturated/α-hetero) is 8. The molecule has 41 heavy (non-hydrogen) atoms. The van der Waals surface area contributed by atoms with E-state index in [1.165, 1.54) is 0 Å². The van der Waals surface area contributed by atoms with Gasteiger partial charge in [0, 0.05) is 0 Å². The van der Waals surface area contributed by atoms with Crippen LogP contribution in [0.15, 0.2) is 0 Å². The molecule has 0 radical (unpaired) electrons. The van der Waals surface area contributed by atoms with Crippen LogP contribution in [-0.4, -0.2) is 70.1 Å². The van der Waals surface area contributed by atoms with Crippen LogP contribution in [0.25, 0.3) is 0 Å². The maximum atomic E-state index is 10.4. The summed E-state index contributed by atoms with van der Waals surface area (Å²) in [6, 6.07) is 0. The summed E-state index contributed by atoms with van der Waals surface area (Å²) in [5, 5.41) is 40.1. The second-order valence-corrected chi connectivity index (χ2v) is 7.89. The van der Waals surface area contributed by atoms with Gasteiger partial charge in [0.1, 0.15) is 69.9 Å². The number of carboxylic acids is 4. The molecule has 0 heterocycles. The van der Waals surface area contributed by atoms with Gasteiger partial charge in [-0.15, -0.1) is 0 Å². The molecule has 0 aliphatic heterocycles. The zero-order valence-electron chi connectivity index (χ0n) is 23.2. The van der Waals surface area contributed by atoms with Gasteiger partial charge >= 0.3 is 21.1 Å². The van der Waals surface area contributed by atoms with Crippen molar-refractivity contribution in [2.45, 2.75) is 55.4 Å². The van der Waals surface area contributed by atoms with E-state index in [0.29, 0.717) is 0 Å². The maximum absolute atomic E-state index is 10.4. The van der Waals surface area contributed by atoms with Gasteiger partial charge in [-0.25, -0.2) is 0 Å². The summed E-state index contributed by atoms with van der Waals surface area (Å²) in [6.45, 7) is 8.35. The fraction of sp³-hybridized carbons (Fsp3) is 0.500. The van der Waals surface area contributed by atoms with Gasteiger partial charge in [0.05, 0.1) is 23.9 Å². The fourth-order valence-corrected chi connectivity index (χ4v) is 2.47. The van der Waals surface area contributed by atoms with Crippen molar-refractivity contribution in [3.63, 3.8) is 0 Å². The van der Waals surface area contributed by atoms with Crippen molar-refractivity contribution in [3.8, 4) is 0 Å². The zero-order valence-corrected chi connectivity index (χ0v) is 25.4. The van der Waals surface area contributed by atoms with E-state index in [2.05, 4.69) is 0 Å². The molecule has 17 heteroatoms. The Morgan fingerprint density at radius 1 is 0.293 bits per heavy atom. The van der Waals surface area contributed by atoms with Gasteiger partial charge in [-0.05, 0) is 55.4 Å². The van der Waals surface area contributed by atoms with E-state index in [9.17, 15) is 78.0 Å². The van der Waals surface area contributed by atoms with E-state index in [1.807, 2.05) is 0 Å². The second-order valence-electron chi connectivity index (χ2n) is 7.89. The number of carboxylic acid groups (broad SMARTS) is 4. The quantitative estimate of drug-likeness (QED) is 0.167. The molecular formula is C24H28O16Pt. The van der Waals surface area contributed by atoms with Crippen LogP contribution in [0.1, 0.15) is 55.4 Å². The number of ketones is 8.